The zero-order valence-corrected chi connectivity index (χ0v) is 16.3. The molecule has 0 bridgehead atoms. The Kier molecular flexibility index (Phi) is 5.60. The highest BCUT2D eigenvalue weighted by atomic mass is 35.5. The maximum atomic E-state index is 13.1. The van der Waals surface area contributed by atoms with Gasteiger partial charge in [0.1, 0.15) is 0 Å². The third kappa shape index (κ3) is 4.47. The third-order valence-electron chi connectivity index (χ3n) is 4.64. The van der Waals surface area contributed by atoms with Gasteiger partial charge in [-0.1, -0.05) is 72.3 Å². The molecule has 1 heterocycles. The maximum absolute atomic E-state index is 13.1. The van der Waals surface area contributed by atoms with Gasteiger partial charge in [0.05, 0.1) is 17.3 Å². The summed E-state index contributed by atoms with van der Waals surface area (Å²) in [6.07, 6.45) is -1.65. The topological polar surface area (TPSA) is 61.9 Å². The van der Waals surface area contributed by atoms with E-state index in [0.29, 0.717) is 17.3 Å². The number of ether oxygens (including phenoxy) is 1. The number of benzene rings is 3. The monoisotopic (exact) mass is 406 g/mol. The summed E-state index contributed by atoms with van der Waals surface area (Å²) in [6.45, 7) is 0.391. The van der Waals surface area contributed by atoms with Crippen molar-refractivity contribution >= 4 is 34.8 Å². The van der Waals surface area contributed by atoms with Crippen molar-refractivity contribution in [3.63, 3.8) is 0 Å². The minimum Gasteiger partial charge on any atom is -0.349 e. The molecule has 0 aromatic heterocycles. The predicted octanol–water partition coefficient (Wildman–Crippen LogP) is 4.28. The van der Waals surface area contributed by atoms with Crippen molar-refractivity contribution in [3.8, 4) is 0 Å². The summed E-state index contributed by atoms with van der Waals surface area (Å²) in [5.74, 6) is -0.636. The first kappa shape index (κ1) is 19.2. The number of para-hydroxylation sites is 2. The van der Waals surface area contributed by atoms with E-state index >= 15 is 0 Å². The number of anilines is 2. The average Bonchev–Trinajstić information content (AvgIpc) is 3.56. The van der Waals surface area contributed by atoms with Crippen LogP contribution in [0, 0.1) is 0 Å². The molecule has 1 unspecified atom stereocenters. The Morgan fingerprint density at radius 3 is 2.17 bits per heavy atom. The van der Waals surface area contributed by atoms with E-state index in [0.717, 1.165) is 11.3 Å². The number of amides is 2. The van der Waals surface area contributed by atoms with Crippen LogP contribution < -0.4 is 10.2 Å². The summed E-state index contributed by atoms with van der Waals surface area (Å²) in [5, 5.41) is 3.15. The Bertz CT molecular complexity index is 1010. The second-order valence-corrected chi connectivity index (χ2v) is 7.10. The number of halogens is 1. The SMILES string of the molecule is O=C(Nc1ccccc1Cl)[C@H]1OC1C(=O)N(Cc1ccccc1)c1ccccc1. The van der Waals surface area contributed by atoms with Crippen LogP contribution in [0.1, 0.15) is 5.56 Å². The fraction of sp³-hybridized carbons (Fsp3) is 0.130. The van der Waals surface area contributed by atoms with Crippen molar-refractivity contribution in [2.24, 2.45) is 0 Å². The van der Waals surface area contributed by atoms with Gasteiger partial charge in [-0.25, -0.2) is 0 Å². The summed E-state index contributed by atoms with van der Waals surface area (Å²) < 4.78 is 5.45. The second kappa shape index (κ2) is 8.47. The number of rotatable bonds is 6. The number of carbonyl (C=O) groups excluding carboxylic acids is 2. The Morgan fingerprint density at radius 2 is 1.48 bits per heavy atom. The first-order valence-electron chi connectivity index (χ1n) is 9.25. The fourth-order valence-electron chi connectivity index (χ4n) is 3.09. The summed E-state index contributed by atoms with van der Waals surface area (Å²) in [7, 11) is 0. The lowest BCUT2D eigenvalue weighted by Gasteiger charge is -2.22. The van der Waals surface area contributed by atoms with Crippen LogP contribution in [0.5, 0.6) is 0 Å². The quantitative estimate of drug-likeness (QED) is 0.621. The third-order valence-corrected chi connectivity index (χ3v) is 4.97. The van der Waals surface area contributed by atoms with Crippen LogP contribution in [-0.4, -0.2) is 24.0 Å². The van der Waals surface area contributed by atoms with E-state index in [4.69, 9.17) is 16.3 Å². The molecule has 1 aliphatic heterocycles. The van der Waals surface area contributed by atoms with Gasteiger partial charge in [-0.05, 0) is 29.8 Å². The van der Waals surface area contributed by atoms with Gasteiger partial charge in [0.15, 0.2) is 12.2 Å². The van der Waals surface area contributed by atoms with E-state index in [9.17, 15) is 9.59 Å². The predicted molar refractivity (Wildman–Crippen MR) is 113 cm³/mol. The summed E-state index contributed by atoms with van der Waals surface area (Å²) in [4.78, 5) is 27.3. The van der Waals surface area contributed by atoms with E-state index in [1.165, 1.54) is 0 Å². The van der Waals surface area contributed by atoms with Crippen molar-refractivity contribution in [1.82, 2.24) is 0 Å². The first-order chi connectivity index (χ1) is 14.1. The van der Waals surface area contributed by atoms with Crippen molar-refractivity contribution in [2.75, 3.05) is 10.2 Å². The molecule has 4 rings (SSSR count). The largest absolute Gasteiger partial charge is 0.349 e. The molecule has 29 heavy (non-hydrogen) atoms. The molecule has 1 aliphatic rings. The minimum atomic E-state index is -0.833. The van der Waals surface area contributed by atoms with Gasteiger partial charge in [-0.3, -0.25) is 9.59 Å². The normalized spacial score (nSPS) is 17.4. The van der Waals surface area contributed by atoms with E-state index in [2.05, 4.69) is 5.32 Å². The van der Waals surface area contributed by atoms with Crippen LogP contribution in [0.4, 0.5) is 11.4 Å². The molecule has 2 atom stereocenters. The standard InChI is InChI=1S/C23H19ClN2O3/c24-18-13-7-8-14-19(18)25-22(27)20-21(29-20)23(28)26(17-11-5-2-6-12-17)15-16-9-3-1-4-10-16/h1-14,20-21H,15H2,(H,25,27)/t20-,21?/m0/s1. The van der Waals surface area contributed by atoms with Gasteiger partial charge in [-0.2, -0.15) is 0 Å². The van der Waals surface area contributed by atoms with Gasteiger partial charge in [0.2, 0.25) is 0 Å². The Balaban J connectivity index is 1.48. The Morgan fingerprint density at radius 1 is 0.862 bits per heavy atom. The maximum Gasteiger partial charge on any atom is 0.259 e. The van der Waals surface area contributed by atoms with E-state index in [1.54, 1.807) is 29.2 Å². The lowest BCUT2D eigenvalue weighted by molar-refractivity contribution is -0.120. The van der Waals surface area contributed by atoms with Crippen LogP contribution in [0.15, 0.2) is 84.9 Å². The molecule has 3 aromatic rings. The Hall–Kier alpha value is -3.15. The highest BCUT2D eigenvalue weighted by Gasteiger charge is 2.52. The van der Waals surface area contributed by atoms with Crippen LogP contribution in [0.25, 0.3) is 0 Å². The molecule has 1 saturated heterocycles. The molecule has 6 heteroatoms. The molecular formula is C23H19ClN2O3. The molecule has 0 radical (unpaired) electrons. The summed E-state index contributed by atoms with van der Waals surface area (Å²) in [5.41, 5.74) is 2.23. The molecule has 2 amide bonds. The average molecular weight is 407 g/mol. The first-order valence-corrected chi connectivity index (χ1v) is 9.62. The lowest BCUT2D eigenvalue weighted by Crippen LogP contribution is -2.36. The van der Waals surface area contributed by atoms with E-state index < -0.39 is 12.2 Å². The number of epoxide rings is 1. The van der Waals surface area contributed by atoms with Gasteiger partial charge in [0, 0.05) is 5.69 Å². The van der Waals surface area contributed by atoms with E-state index in [-0.39, 0.29) is 11.8 Å². The number of hydrogen-bond donors (Lipinski definition) is 1. The number of carbonyl (C=O) groups is 2. The van der Waals surface area contributed by atoms with E-state index in [1.807, 2.05) is 60.7 Å². The van der Waals surface area contributed by atoms with Crippen molar-refractivity contribution in [2.45, 2.75) is 18.8 Å². The van der Waals surface area contributed by atoms with Crippen LogP contribution in [0.2, 0.25) is 5.02 Å². The van der Waals surface area contributed by atoms with Gasteiger partial charge >= 0.3 is 0 Å². The smallest absolute Gasteiger partial charge is 0.259 e. The number of nitrogens with one attached hydrogen (secondary N) is 1. The molecule has 3 aromatic carbocycles. The van der Waals surface area contributed by atoms with Gasteiger partial charge < -0.3 is 15.0 Å². The van der Waals surface area contributed by atoms with Crippen LogP contribution in [0.3, 0.4) is 0 Å². The highest BCUT2D eigenvalue weighted by molar-refractivity contribution is 6.33. The van der Waals surface area contributed by atoms with Crippen molar-refractivity contribution in [1.29, 1.82) is 0 Å². The van der Waals surface area contributed by atoms with Gasteiger partial charge in [-0.15, -0.1) is 0 Å². The molecule has 0 aliphatic carbocycles. The zero-order valence-electron chi connectivity index (χ0n) is 15.5. The lowest BCUT2D eigenvalue weighted by atomic mass is 10.1. The minimum absolute atomic E-state index is 0.251. The van der Waals surface area contributed by atoms with Crippen LogP contribution in [-0.2, 0) is 20.9 Å². The molecule has 5 nitrogen and oxygen atoms in total. The fourth-order valence-corrected chi connectivity index (χ4v) is 3.27. The van der Waals surface area contributed by atoms with Crippen molar-refractivity contribution in [3.05, 3.63) is 95.5 Å². The number of nitrogens with zero attached hydrogens (tertiary/aromatic N) is 1. The second-order valence-electron chi connectivity index (χ2n) is 6.69. The van der Waals surface area contributed by atoms with Crippen molar-refractivity contribution < 1.29 is 14.3 Å². The van der Waals surface area contributed by atoms with Crippen LogP contribution >= 0.6 is 11.6 Å². The molecule has 0 saturated carbocycles. The Labute approximate surface area is 173 Å². The molecular weight excluding hydrogens is 388 g/mol. The molecule has 1 fully saturated rings. The molecule has 146 valence electrons. The number of hydrogen-bond acceptors (Lipinski definition) is 3. The highest BCUT2D eigenvalue weighted by Crippen LogP contribution is 2.30. The van der Waals surface area contributed by atoms with Gasteiger partial charge in [0.25, 0.3) is 11.8 Å². The molecule has 1 N–H and O–H groups in total. The molecule has 0 spiro atoms. The summed E-state index contributed by atoms with van der Waals surface area (Å²) >= 11 is 6.08. The summed E-state index contributed by atoms with van der Waals surface area (Å²) in [6, 6.07) is 26.0. The zero-order chi connectivity index (χ0) is 20.2.